The second-order valence-electron chi connectivity index (χ2n) is 12.2. The van der Waals surface area contributed by atoms with Crippen LogP contribution in [0.1, 0.15) is 77.0 Å². The van der Waals surface area contributed by atoms with Gasteiger partial charge in [-0.15, -0.1) is 0 Å². The summed E-state index contributed by atoms with van der Waals surface area (Å²) in [6.07, 6.45) is 7.88. The molecule has 0 bridgehead atoms. The van der Waals surface area contributed by atoms with E-state index in [2.05, 4.69) is 69.3 Å². The highest BCUT2D eigenvalue weighted by atomic mass is 16.5. The first kappa shape index (κ1) is 26.1. The molecule has 0 aromatic heterocycles. The van der Waals surface area contributed by atoms with Crippen molar-refractivity contribution >= 4 is 5.97 Å². The Morgan fingerprint density at radius 1 is 1.05 bits per heavy atom. The third-order valence-corrected chi connectivity index (χ3v) is 9.46. The minimum absolute atomic E-state index is 0.144. The molecule has 1 N–H and O–H groups in total. The standard InChI is InChI=1S/C35H40O4/c1-22-16-29(39-28-7-5-15-38-21-28)17-23(2)34(22)30-8-4-6-26(24(30)3)11-9-25-10-12-31-27(18-25)20-35(13-14-35)32(31)19-33(36)37/h4,6,8,10,12,16-18,28,32H,5,7,9,11,13-15,19-21H2,1-3H3,(H,36,37). The molecule has 1 saturated carbocycles. The number of hydrogen-bond donors (Lipinski definition) is 1. The molecule has 1 spiro atoms. The fourth-order valence-corrected chi connectivity index (χ4v) is 7.24. The van der Waals surface area contributed by atoms with Crippen molar-refractivity contribution in [1.29, 1.82) is 0 Å². The summed E-state index contributed by atoms with van der Waals surface area (Å²) in [4.78, 5) is 11.5. The molecule has 2 atom stereocenters. The van der Waals surface area contributed by atoms with Crippen LogP contribution in [0.5, 0.6) is 5.75 Å². The summed E-state index contributed by atoms with van der Waals surface area (Å²) in [5.74, 6) is 0.454. The first-order chi connectivity index (χ1) is 18.8. The molecule has 0 radical (unpaired) electrons. The lowest BCUT2D eigenvalue weighted by Gasteiger charge is -2.24. The molecular formula is C35H40O4. The minimum Gasteiger partial charge on any atom is -0.488 e. The summed E-state index contributed by atoms with van der Waals surface area (Å²) in [6, 6.07) is 17.9. The van der Waals surface area contributed by atoms with Crippen LogP contribution >= 0.6 is 0 Å². The van der Waals surface area contributed by atoms with Gasteiger partial charge in [-0.3, -0.25) is 4.79 Å². The Hall–Kier alpha value is -3.11. The zero-order chi connectivity index (χ0) is 27.1. The van der Waals surface area contributed by atoms with E-state index in [1.807, 2.05) is 0 Å². The van der Waals surface area contributed by atoms with Gasteiger partial charge in [-0.25, -0.2) is 0 Å². The number of rotatable bonds is 8. The normalized spacial score (nSPS) is 21.1. The van der Waals surface area contributed by atoms with Crippen LogP contribution in [0.25, 0.3) is 11.1 Å². The molecule has 3 aromatic rings. The first-order valence-corrected chi connectivity index (χ1v) is 14.6. The molecule has 2 aliphatic carbocycles. The molecule has 3 aromatic carbocycles. The molecule has 4 nitrogen and oxygen atoms in total. The Bertz CT molecular complexity index is 1370. The Labute approximate surface area is 232 Å². The summed E-state index contributed by atoms with van der Waals surface area (Å²) in [7, 11) is 0. The summed E-state index contributed by atoms with van der Waals surface area (Å²) >= 11 is 0. The predicted molar refractivity (Wildman–Crippen MR) is 155 cm³/mol. The molecule has 204 valence electrons. The van der Waals surface area contributed by atoms with Gasteiger partial charge in [-0.1, -0.05) is 36.4 Å². The SMILES string of the molecule is Cc1cc(OC2CCCOC2)cc(C)c1-c1cccc(CCc2ccc3c(c2)CC2(CC2)C3CC(=O)O)c1C. The van der Waals surface area contributed by atoms with Gasteiger partial charge in [-0.05, 0) is 133 Å². The van der Waals surface area contributed by atoms with Crippen molar-refractivity contribution in [2.45, 2.75) is 84.2 Å². The molecule has 1 heterocycles. The average Bonchev–Trinajstić information content (AvgIpc) is 3.61. The van der Waals surface area contributed by atoms with Gasteiger partial charge >= 0.3 is 5.97 Å². The number of hydrogen-bond acceptors (Lipinski definition) is 3. The lowest BCUT2D eigenvalue weighted by molar-refractivity contribution is -0.137. The number of carboxylic acids is 1. The average molecular weight is 525 g/mol. The van der Waals surface area contributed by atoms with Gasteiger partial charge in [0.15, 0.2) is 0 Å². The van der Waals surface area contributed by atoms with E-state index in [0.29, 0.717) is 6.61 Å². The number of aryl methyl sites for hydroxylation is 4. The van der Waals surface area contributed by atoms with Crippen molar-refractivity contribution in [2.24, 2.45) is 5.41 Å². The van der Waals surface area contributed by atoms with Gasteiger partial charge in [0.1, 0.15) is 11.9 Å². The summed E-state index contributed by atoms with van der Waals surface area (Å²) in [6.45, 7) is 8.15. The molecule has 2 unspecified atom stereocenters. The highest BCUT2D eigenvalue weighted by Gasteiger charge is 2.54. The van der Waals surface area contributed by atoms with Gasteiger partial charge in [0.25, 0.3) is 0 Å². The molecule has 0 amide bonds. The number of fused-ring (bicyclic) bond motifs is 1. The lowest BCUT2D eigenvalue weighted by Crippen LogP contribution is -2.28. The smallest absolute Gasteiger partial charge is 0.303 e. The Balaban J connectivity index is 1.19. The molecule has 4 heteroatoms. The number of aliphatic carboxylic acids is 1. The van der Waals surface area contributed by atoms with E-state index in [-0.39, 0.29) is 23.9 Å². The minimum atomic E-state index is -0.676. The second-order valence-corrected chi connectivity index (χ2v) is 12.2. The van der Waals surface area contributed by atoms with Gasteiger partial charge in [0, 0.05) is 12.5 Å². The van der Waals surface area contributed by atoms with E-state index < -0.39 is 5.97 Å². The Morgan fingerprint density at radius 3 is 2.54 bits per heavy atom. The van der Waals surface area contributed by atoms with Crippen LogP contribution in [0.15, 0.2) is 48.5 Å². The fraction of sp³-hybridized carbons (Fsp3) is 0.457. The first-order valence-electron chi connectivity index (χ1n) is 14.6. The summed E-state index contributed by atoms with van der Waals surface area (Å²) in [5, 5.41) is 9.46. The van der Waals surface area contributed by atoms with E-state index in [1.54, 1.807) is 0 Å². The van der Waals surface area contributed by atoms with Crippen LogP contribution in [-0.2, 0) is 28.8 Å². The van der Waals surface area contributed by atoms with Crippen LogP contribution in [0.4, 0.5) is 0 Å². The summed E-state index contributed by atoms with van der Waals surface area (Å²) in [5.41, 5.74) is 12.1. The number of benzene rings is 3. The monoisotopic (exact) mass is 524 g/mol. The third-order valence-electron chi connectivity index (χ3n) is 9.46. The predicted octanol–water partition coefficient (Wildman–Crippen LogP) is 7.52. The highest BCUT2D eigenvalue weighted by Crippen LogP contribution is 2.64. The molecule has 6 rings (SSSR count). The quantitative estimate of drug-likeness (QED) is 0.331. The zero-order valence-corrected chi connectivity index (χ0v) is 23.5. The Morgan fingerprint density at radius 2 is 1.85 bits per heavy atom. The van der Waals surface area contributed by atoms with Gasteiger partial charge in [0.2, 0.25) is 0 Å². The van der Waals surface area contributed by atoms with Crippen molar-refractivity contribution in [3.8, 4) is 16.9 Å². The highest BCUT2D eigenvalue weighted by molar-refractivity contribution is 5.75. The molecular weight excluding hydrogens is 484 g/mol. The van der Waals surface area contributed by atoms with Crippen LogP contribution in [0, 0.1) is 26.2 Å². The van der Waals surface area contributed by atoms with Gasteiger partial charge < -0.3 is 14.6 Å². The van der Waals surface area contributed by atoms with E-state index >= 15 is 0 Å². The van der Waals surface area contributed by atoms with Crippen LogP contribution < -0.4 is 4.74 Å². The van der Waals surface area contributed by atoms with Crippen molar-refractivity contribution in [2.75, 3.05) is 13.2 Å². The maximum atomic E-state index is 11.5. The topological polar surface area (TPSA) is 55.8 Å². The number of ether oxygens (including phenoxy) is 2. The van der Waals surface area contributed by atoms with Crippen LogP contribution in [0.3, 0.4) is 0 Å². The van der Waals surface area contributed by atoms with E-state index in [1.165, 1.54) is 62.9 Å². The van der Waals surface area contributed by atoms with Crippen molar-refractivity contribution in [3.05, 3.63) is 87.5 Å². The van der Waals surface area contributed by atoms with Crippen LogP contribution in [-0.4, -0.2) is 30.4 Å². The number of carbonyl (C=O) groups is 1. The lowest BCUT2D eigenvalue weighted by atomic mass is 9.86. The Kier molecular flexibility index (Phi) is 7.01. The molecule has 1 aliphatic heterocycles. The maximum Gasteiger partial charge on any atom is 0.303 e. The molecule has 3 aliphatic rings. The maximum absolute atomic E-state index is 11.5. The van der Waals surface area contributed by atoms with Crippen molar-refractivity contribution in [3.63, 3.8) is 0 Å². The molecule has 39 heavy (non-hydrogen) atoms. The second kappa shape index (κ2) is 10.5. The van der Waals surface area contributed by atoms with Gasteiger partial charge in [-0.2, -0.15) is 0 Å². The van der Waals surface area contributed by atoms with E-state index in [4.69, 9.17) is 9.47 Å². The third kappa shape index (κ3) is 5.24. The summed E-state index contributed by atoms with van der Waals surface area (Å²) < 4.78 is 11.9. The number of carboxylic acid groups (broad SMARTS) is 1. The van der Waals surface area contributed by atoms with Crippen molar-refractivity contribution in [1.82, 2.24) is 0 Å². The molecule has 2 fully saturated rings. The van der Waals surface area contributed by atoms with E-state index in [9.17, 15) is 9.90 Å². The van der Waals surface area contributed by atoms with Crippen LogP contribution in [0.2, 0.25) is 0 Å². The zero-order valence-electron chi connectivity index (χ0n) is 23.5. The largest absolute Gasteiger partial charge is 0.488 e. The fourth-order valence-electron chi connectivity index (χ4n) is 7.24. The van der Waals surface area contributed by atoms with Crippen molar-refractivity contribution < 1.29 is 19.4 Å². The van der Waals surface area contributed by atoms with Gasteiger partial charge in [0.05, 0.1) is 13.0 Å². The van der Waals surface area contributed by atoms with E-state index in [0.717, 1.165) is 44.5 Å². The molecule has 1 saturated heterocycles.